The standard InChI is InChI=1S/C24H25N5O5/c1-16-8-10-19(27-24(31)26-18-6-4-3-5-7-18)15-21(16)28-23(30)17-9-11-20(25-12-13-34-2)22(14-17)29(32)33/h3-11,14-15,25H,12-13H2,1-2H3,(H,28,30)(H2,26,27,31). The molecule has 0 aromatic heterocycles. The minimum Gasteiger partial charge on any atom is -0.383 e. The van der Waals surface area contributed by atoms with Crippen LogP contribution in [0.25, 0.3) is 0 Å². The topological polar surface area (TPSA) is 135 Å². The third kappa shape index (κ3) is 6.53. The highest BCUT2D eigenvalue weighted by Crippen LogP contribution is 2.27. The number of amides is 3. The van der Waals surface area contributed by atoms with Crippen LogP contribution in [0.3, 0.4) is 0 Å². The fourth-order valence-corrected chi connectivity index (χ4v) is 3.11. The number of benzene rings is 3. The molecule has 0 unspecified atom stereocenters. The Kier molecular flexibility index (Phi) is 8.14. The van der Waals surface area contributed by atoms with Gasteiger partial charge < -0.3 is 26.0 Å². The summed E-state index contributed by atoms with van der Waals surface area (Å²) in [6, 6.07) is 17.8. The molecule has 0 saturated heterocycles. The number of rotatable bonds is 9. The zero-order valence-electron chi connectivity index (χ0n) is 18.8. The van der Waals surface area contributed by atoms with E-state index in [0.29, 0.717) is 35.9 Å². The number of anilines is 4. The van der Waals surface area contributed by atoms with Crippen molar-refractivity contribution in [1.29, 1.82) is 0 Å². The van der Waals surface area contributed by atoms with Gasteiger partial charge in [0.2, 0.25) is 0 Å². The SMILES string of the molecule is COCCNc1ccc(C(=O)Nc2cc(NC(=O)Nc3ccccc3)ccc2C)cc1[N+](=O)[O-]. The van der Waals surface area contributed by atoms with Crippen molar-refractivity contribution >= 4 is 40.4 Å². The van der Waals surface area contributed by atoms with Crippen LogP contribution in [0.4, 0.5) is 33.2 Å². The van der Waals surface area contributed by atoms with E-state index in [1.54, 1.807) is 37.3 Å². The van der Waals surface area contributed by atoms with E-state index in [2.05, 4.69) is 21.3 Å². The van der Waals surface area contributed by atoms with Gasteiger partial charge in [0, 0.05) is 42.3 Å². The maximum atomic E-state index is 12.8. The van der Waals surface area contributed by atoms with E-state index >= 15 is 0 Å². The van der Waals surface area contributed by atoms with Crippen molar-refractivity contribution in [3.63, 3.8) is 0 Å². The molecule has 0 heterocycles. The summed E-state index contributed by atoms with van der Waals surface area (Å²) in [5.41, 5.74) is 2.55. The van der Waals surface area contributed by atoms with Crippen LogP contribution < -0.4 is 21.3 Å². The van der Waals surface area contributed by atoms with Gasteiger partial charge in [-0.2, -0.15) is 0 Å². The van der Waals surface area contributed by atoms with E-state index in [1.807, 2.05) is 18.2 Å². The van der Waals surface area contributed by atoms with Crippen LogP contribution in [-0.4, -0.2) is 37.1 Å². The van der Waals surface area contributed by atoms with Crippen molar-refractivity contribution in [2.45, 2.75) is 6.92 Å². The quantitative estimate of drug-likeness (QED) is 0.203. The summed E-state index contributed by atoms with van der Waals surface area (Å²) in [5, 5.41) is 22.6. The van der Waals surface area contributed by atoms with E-state index < -0.39 is 16.9 Å². The normalized spacial score (nSPS) is 10.3. The molecule has 0 aliphatic rings. The molecule has 0 aliphatic heterocycles. The molecule has 0 radical (unpaired) electrons. The zero-order chi connectivity index (χ0) is 24.5. The summed E-state index contributed by atoms with van der Waals surface area (Å²) in [4.78, 5) is 36.0. The monoisotopic (exact) mass is 463 g/mol. The molecular weight excluding hydrogens is 438 g/mol. The molecule has 0 spiro atoms. The molecule has 0 aliphatic carbocycles. The lowest BCUT2D eigenvalue weighted by atomic mass is 10.1. The minimum absolute atomic E-state index is 0.128. The first kappa shape index (κ1) is 24.2. The molecule has 3 aromatic carbocycles. The second-order valence-corrected chi connectivity index (χ2v) is 7.34. The summed E-state index contributed by atoms with van der Waals surface area (Å²) in [6.07, 6.45) is 0. The zero-order valence-corrected chi connectivity index (χ0v) is 18.8. The van der Waals surface area contributed by atoms with Crippen LogP contribution in [0.1, 0.15) is 15.9 Å². The van der Waals surface area contributed by atoms with Gasteiger partial charge in [-0.25, -0.2) is 4.79 Å². The Balaban J connectivity index is 1.72. The smallest absolute Gasteiger partial charge is 0.323 e. The first-order valence-corrected chi connectivity index (χ1v) is 10.4. The lowest BCUT2D eigenvalue weighted by Gasteiger charge is -2.13. The maximum absolute atomic E-state index is 12.8. The van der Waals surface area contributed by atoms with E-state index in [9.17, 15) is 19.7 Å². The molecule has 0 atom stereocenters. The number of nitro groups is 1. The average molecular weight is 463 g/mol. The molecule has 176 valence electrons. The number of urea groups is 1. The Morgan fingerprint density at radius 3 is 2.35 bits per heavy atom. The molecule has 3 rings (SSSR count). The van der Waals surface area contributed by atoms with Crippen LogP contribution in [-0.2, 0) is 4.74 Å². The number of aryl methyl sites for hydroxylation is 1. The van der Waals surface area contributed by atoms with Gasteiger partial charge in [-0.15, -0.1) is 0 Å². The van der Waals surface area contributed by atoms with Gasteiger partial charge in [-0.1, -0.05) is 24.3 Å². The summed E-state index contributed by atoms with van der Waals surface area (Å²) in [6.45, 7) is 2.57. The predicted molar refractivity (Wildman–Crippen MR) is 132 cm³/mol. The summed E-state index contributed by atoms with van der Waals surface area (Å²) < 4.78 is 4.94. The van der Waals surface area contributed by atoms with Gasteiger partial charge in [-0.05, 0) is 48.9 Å². The maximum Gasteiger partial charge on any atom is 0.323 e. The molecule has 10 nitrogen and oxygen atoms in total. The lowest BCUT2D eigenvalue weighted by Crippen LogP contribution is -2.19. The molecule has 3 aromatic rings. The lowest BCUT2D eigenvalue weighted by molar-refractivity contribution is -0.384. The molecule has 0 bridgehead atoms. The van der Waals surface area contributed by atoms with Crippen molar-refractivity contribution < 1.29 is 19.2 Å². The highest BCUT2D eigenvalue weighted by atomic mass is 16.6. The molecule has 4 N–H and O–H groups in total. The number of carbonyl (C=O) groups is 2. The number of para-hydroxylation sites is 1. The molecule has 10 heteroatoms. The van der Waals surface area contributed by atoms with Crippen LogP contribution in [0.2, 0.25) is 0 Å². The van der Waals surface area contributed by atoms with E-state index in [0.717, 1.165) is 5.56 Å². The van der Waals surface area contributed by atoms with Crippen molar-refractivity contribution in [3.05, 3.63) is 88.0 Å². The number of carbonyl (C=O) groups excluding carboxylic acids is 2. The number of nitro benzene ring substituents is 1. The highest BCUT2D eigenvalue weighted by Gasteiger charge is 2.18. The first-order chi connectivity index (χ1) is 16.4. The molecule has 0 saturated carbocycles. The average Bonchev–Trinajstić information content (AvgIpc) is 2.82. The third-order valence-corrected chi connectivity index (χ3v) is 4.85. The van der Waals surface area contributed by atoms with Gasteiger partial charge >= 0.3 is 6.03 Å². The van der Waals surface area contributed by atoms with Crippen molar-refractivity contribution in [2.75, 3.05) is 41.5 Å². The van der Waals surface area contributed by atoms with Crippen molar-refractivity contribution in [2.24, 2.45) is 0 Å². The highest BCUT2D eigenvalue weighted by molar-refractivity contribution is 6.06. The Labute approximate surface area is 196 Å². The number of methoxy groups -OCH3 is 1. The van der Waals surface area contributed by atoms with Crippen LogP contribution in [0, 0.1) is 17.0 Å². The fourth-order valence-electron chi connectivity index (χ4n) is 3.11. The van der Waals surface area contributed by atoms with Gasteiger partial charge in [0.1, 0.15) is 5.69 Å². The molecule has 0 fully saturated rings. The minimum atomic E-state index is -0.549. The van der Waals surface area contributed by atoms with Crippen molar-refractivity contribution in [1.82, 2.24) is 0 Å². The van der Waals surface area contributed by atoms with Crippen molar-refractivity contribution in [3.8, 4) is 0 Å². The summed E-state index contributed by atoms with van der Waals surface area (Å²) >= 11 is 0. The Morgan fingerprint density at radius 2 is 1.65 bits per heavy atom. The fraction of sp³-hybridized carbons (Fsp3) is 0.167. The summed E-state index contributed by atoms with van der Waals surface area (Å²) in [5.74, 6) is -0.513. The van der Waals surface area contributed by atoms with Gasteiger partial charge in [0.15, 0.2) is 0 Å². The number of nitrogens with zero attached hydrogens (tertiary/aromatic N) is 1. The molecule has 34 heavy (non-hydrogen) atoms. The largest absolute Gasteiger partial charge is 0.383 e. The number of hydrogen-bond acceptors (Lipinski definition) is 6. The van der Waals surface area contributed by atoms with E-state index in [-0.39, 0.29) is 11.3 Å². The van der Waals surface area contributed by atoms with E-state index in [4.69, 9.17) is 4.74 Å². The first-order valence-electron chi connectivity index (χ1n) is 10.4. The van der Waals surface area contributed by atoms with Gasteiger partial charge in [0.05, 0.1) is 11.5 Å². The number of nitrogens with one attached hydrogen (secondary N) is 4. The molecule has 3 amide bonds. The van der Waals surface area contributed by atoms with Crippen LogP contribution in [0.5, 0.6) is 0 Å². The van der Waals surface area contributed by atoms with Crippen LogP contribution in [0.15, 0.2) is 66.7 Å². The second kappa shape index (κ2) is 11.4. The third-order valence-electron chi connectivity index (χ3n) is 4.85. The van der Waals surface area contributed by atoms with Crippen LogP contribution >= 0.6 is 0 Å². The Morgan fingerprint density at radius 1 is 0.912 bits per heavy atom. The number of ether oxygens (including phenoxy) is 1. The van der Waals surface area contributed by atoms with E-state index in [1.165, 1.54) is 25.3 Å². The second-order valence-electron chi connectivity index (χ2n) is 7.34. The predicted octanol–water partition coefficient (Wildman–Crippen LogP) is 4.86. The van der Waals surface area contributed by atoms with Gasteiger partial charge in [-0.3, -0.25) is 14.9 Å². The Bertz CT molecular complexity index is 1180. The Hall–Kier alpha value is -4.44. The van der Waals surface area contributed by atoms with Gasteiger partial charge in [0.25, 0.3) is 11.6 Å². The summed E-state index contributed by atoms with van der Waals surface area (Å²) in [7, 11) is 1.53. The molecular formula is C24H25N5O5. The number of hydrogen-bond donors (Lipinski definition) is 4.